The summed E-state index contributed by atoms with van der Waals surface area (Å²) in [5, 5.41) is 2.76. The van der Waals surface area contributed by atoms with Gasteiger partial charge in [-0.2, -0.15) is 0 Å². The van der Waals surface area contributed by atoms with Gasteiger partial charge in [0.05, 0.1) is 12.1 Å². The van der Waals surface area contributed by atoms with E-state index in [1.54, 1.807) is 36.5 Å². The maximum absolute atomic E-state index is 13.6. The minimum atomic E-state index is -0.790. The largest absolute Gasteiger partial charge is 0.451 e. The Bertz CT molecular complexity index is 763. The van der Waals surface area contributed by atoms with Crippen molar-refractivity contribution in [3.63, 3.8) is 0 Å². The Balaban J connectivity index is 1.62. The monoisotopic (exact) mass is 356 g/mol. The Morgan fingerprint density at radius 2 is 2.08 bits per heavy atom. The zero-order valence-electron chi connectivity index (χ0n) is 14.4. The van der Waals surface area contributed by atoms with Crippen molar-refractivity contribution in [2.75, 3.05) is 6.54 Å². The number of carbonyl (C=O) groups excluding carboxylic acids is 2. The van der Waals surface area contributed by atoms with E-state index < -0.39 is 17.9 Å². The van der Waals surface area contributed by atoms with Gasteiger partial charge >= 0.3 is 5.97 Å². The van der Waals surface area contributed by atoms with Gasteiger partial charge in [-0.25, -0.2) is 4.39 Å². The SMILES string of the molecule is O=C(CCNC(=O)C1CCC1)OC(c1cccc(F)c1)c1ccccn1. The molecule has 1 aromatic carbocycles. The highest BCUT2D eigenvalue weighted by Gasteiger charge is 2.25. The van der Waals surface area contributed by atoms with Crippen molar-refractivity contribution >= 4 is 11.9 Å². The topological polar surface area (TPSA) is 68.3 Å². The van der Waals surface area contributed by atoms with Gasteiger partial charge in [-0.15, -0.1) is 0 Å². The van der Waals surface area contributed by atoms with E-state index in [1.807, 2.05) is 0 Å². The number of amides is 1. The van der Waals surface area contributed by atoms with Gasteiger partial charge in [-0.05, 0) is 37.1 Å². The molecule has 1 heterocycles. The van der Waals surface area contributed by atoms with E-state index in [0.717, 1.165) is 19.3 Å². The molecule has 2 aromatic rings. The smallest absolute Gasteiger partial charge is 0.308 e. The minimum absolute atomic E-state index is 0.00421. The molecule has 1 unspecified atom stereocenters. The number of halogens is 1. The molecule has 0 radical (unpaired) electrons. The first kappa shape index (κ1) is 18.0. The fraction of sp³-hybridized carbons (Fsp3) is 0.350. The average molecular weight is 356 g/mol. The third-order valence-corrected chi connectivity index (χ3v) is 4.46. The Kier molecular flexibility index (Phi) is 5.94. The van der Waals surface area contributed by atoms with Gasteiger partial charge in [0.2, 0.25) is 5.91 Å². The van der Waals surface area contributed by atoms with Crippen molar-refractivity contribution in [1.82, 2.24) is 10.3 Å². The van der Waals surface area contributed by atoms with E-state index in [0.29, 0.717) is 11.3 Å². The Morgan fingerprint density at radius 3 is 2.73 bits per heavy atom. The van der Waals surface area contributed by atoms with E-state index in [4.69, 9.17) is 4.74 Å². The van der Waals surface area contributed by atoms with Crippen LogP contribution in [0.4, 0.5) is 4.39 Å². The van der Waals surface area contributed by atoms with Crippen molar-refractivity contribution in [3.8, 4) is 0 Å². The predicted molar refractivity (Wildman–Crippen MR) is 93.5 cm³/mol. The highest BCUT2D eigenvalue weighted by Crippen LogP contribution is 2.27. The average Bonchev–Trinajstić information content (AvgIpc) is 2.59. The van der Waals surface area contributed by atoms with E-state index in [9.17, 15) is 14.0 Å². The number of aromatic nitrogens is 1. The van der Waals surface area contributed by atoms with Gasteiger partial charge in [-0.1, -0.05) is 24.6 Å². The summed E-state index contributed by atoms with van der Waals surface area (Å²) >= 11 is 0. The predicted octanol–water partition coefficient (Wildman–Crippen LogP) is 3.16. The number of esters is 1. The summed E-state index contributed by atoms with van der Waals surface area (Å²) in [5.74, 6) is -0.805. The first-order valence-electron chi connectivity index (χ1n) is 8.77. The number of carbonyl (C=O) groups is 2. The number of pyridine rings is 1. The highest BCUT2D eigenvalue weighted by molar-refractivity contribution is 5.80. The molecule has 1 amide bonds. The molecule has 0 aliphatic heterocycles. The van der Waals surface area contributed by atoms with Crippen LogP contribution in [0.15, 0.2) is 48.7 Å². The zero-order chi connectivity index (χ0) is 18.4. The van der Waals surface area contributed by atoms with Crippen LogP contribution in [0.25, 0.3) is 0 Å². The van der Waals surface area contributed by atoms with Gasteiger partial charge in [0.15, 0.2) is 6.10 Å². The van der Waals surface area contributed by atoms with Gasteiger partial charge in [-0.3, -0.25) is 14.6 Å². The molecule has 1 aliphatic carbocycles. The van der Waals surface area contributed by atoms with E-state index in [2.05, 4.69) is 10.3 Å². The molecule has 3 rings (SSSR count). The number of hydrogen-bond acceptors (Lipinski definition) is 4. The maximum Gasteiger partial charge on any atom is 0.308 e. The summed E-state index contributed by atoms with van der Waals surface area (Å²) in [6, 6.07) is 11.2. The first-order valence-corrected chi connectivity index (χ1v) is 8.77. The molecule has 1 aromatic heterocycles. The molecule has 1 fully saturated rings. The minimum Gasteiger partial charge on any atom is -0.451 e. The molecule has 5 nitrogen and oxygen atoms in total. The Hall–Kier alpha value is -2.76. The summed E-state index contributed by atoms with van der Waals surface area (Å²) in [6.07, 6.45) is 3.77. The summed E-state index contributed by atoms with van der Waals surface area (Å²) in [5.41, 5.74) is 1.03. The first-order chi connectivity index (χ1) is 12.6. The fourth-order valence-corrected chi connectivity index (χ4v) is 2.79. The lowest BCUT2D eigenvalue weighted by molar-refractivity contribution is -0.147. The quantitative estimate of drug-likeness (QED) is 0.774. The third-order valence-electron chi connectivity index (χ3n) is 4.46. The molecule has 136 valence electrons. The van der Waals surface area contributed by atoms with Gasteiger partial charge in [0, 0.05) is 24.2 Å². The Labute approximate surface area is 151 Å². The molecular formula is C20H21FN2O3. The van der Waals surface area contributed by atoms with Crippen molar-refractivity contribution in [2.24, 2.45) is 5.92 Å². The lowest BCUT2D eigenvalue weighted by atomic mass is 9.85. The summed E-state index contributed by atoms with van der Waals surface area (Å²) < 4.78 is 19.1. The molecule has 1 aliphatic rings. The second kappa shape index (κ2) is 8.56. The second-order valence-electron chi connectivity index (χ2n) is 6.35. The molecule has 0 spiro atoms. The number of nitrogens with one attached hydrogen (secondary N) is 1. The van der Waals surface area contributed by atoms with Crippen LogP contribution in [-0.4, -0.2) is 23.4 Å². The fourth-order valence-electron chi connectivity index (χ4n) is 2.79. The molecule has 0 saturated heterocycles. The van der Waals surface area contributed by atoms with Crippen LogP contribution < -0.4 is 5.32 Å². The standard InChI is InChI=1S/C20H21FN2O3/c21-16-8-4-7-15(13-16)19(17-9-1-2-11-22-17)26-18(24)10-12-23-20(25)14-5-3-6-14/h1-2,4,7-9,11,13-14,19H,3,5-6,10,12H2,(H,23,25). The number of benzene rings is 1. The van der Waals surface area contributed by atoms with Crippen LogP contribution in [-0.2, 0) is 14.3 Å². The van der Waals surface area contributed by atoms with E-state index in [-0.39, 0.29) is 24.8 Å². The lowest BCUT2D eigenvalue weighted by Gasteiger charge is -2.24. The van der Waals surface area contributed by atoms with Crippen molar-refractivity contribution in [2.45, 2.75) is 31.8 Å². The molecule has 0 bridgehead atoms. The van der Waals surface area contributed by atoms with E-state index in [1.165, 1.54) is 12.1 Å². The molecule has 1 saturated carbocycles. The number of ether oxygens (including phenoxy) is 1. The summed E-state index contributed by atoms with van der Waals surface area (Å²) in [7, 11) is 0. The zero-order valence-corrected chi connectivity index (χ0v) is 14.4. The van der Waals surface area contributed by atoms with Crippen LogP contribution in [0.1, 0.15) is 43.0 Å². The van der Waals surface area contributed by atoms with Gasteiger partial charge in [0.25, 0.3) is 0 Å². The van der Waals surface area contributed by atoms with Gasteiger partial charge < -0.3 is 10.1 Å². The molecule has 6 heteroatoms. The Morgan fingerprint density at radius 1 is 1.23 bits per heavy atom. The van der Waals surface area contributed by atoms with Crippen LogP contribution in [0.2, 0.25) is 0 Å². The molecular weight excluding hydrogens is 335 g/mol. The normalized spacial score (nSPS) is 15.0. The lowest BCUT2D eigenvalue weighted by Crippen LogP contribution is -2.35. The third kappa shape index (κ3) is 4.65. The highest BCUT2D eigenvalue weighted by atomic mass is 19.1. The van der Waals surface area contributed by atoms with Crippen molar-refractivity contribution < 1.29 is 18.7 Å². The summed E-state index contributed by atoms with van der Waals surface area (Å²) in [6.45, 7) is 0.228. The maximum atomic E-state index is 13.6. The van der Waals surface area contributed by atoms with Crippen molar-refractivity contribution in [1.29, 1.82) is 0 Å². The van der Waals surface area contributed by atoms with Crippen LogP contribution >= 0.6 is 0 Å². The van der Waals surface area contributed by atoms with Crippen LogP contribution in [0.5, 0.6) is 0 Å². The molecule has 26 heavy (non-hydrogen) atoms. The van der Waals surface area contributed by atoms with Crippen LogP contribution in [0, 0.1) is 11.7 Å². The molecule has 1 N–H and O–H groups in total. The van der Waals surface area contributed by atoms with Gasteiger partial charge in [0.1, 0.15) is 5.82 Å². The second-order valence-corrected chi connectivity index (χ2v) is 6.35. The van der Waals surface area contributed by atoms with Crippen molar-refractivity contribution in [3.05, 3.63) is 65.7 Å². The number of rotatable bonds is 7. The number of hydrogen-bond donors (Lipinski definition) is 1. The van der Waals surface area contributed by atoms with E-state index >= 15 is 0 Å². The van der Waals surface area contributed by atoms with Crippen LogP contribution in [0.3, 0.4) is 0 Å². The molecule has 1 atom stereocenters. The number of nitrogens with zero attached hydrogens (tertiary/aromatic N) is 1. The summed E-state index contributed by atoms with van der Waals surface area (Å²) in [4.78, 5) is 28.2.